The number of carbonyl (C=O) groups excluding carboxylic acids is 2. The van der Waals surface area contributed by atoms with E-state index in [2.05, 4.69) is 10.6 Å². The molecule has 0 aliphatic carbocycles. The second-order valence-electron chi connectivity index (χ2n) is 6.57. The Morgan fingerprint density at radius 1 is 1.32 bits per heavy atom. The zero-order chi connectivity index (χ0) is 18.0. The lowest BCUT2D eigenvalue weighted by molar-refractivity contribution is -0.126. The van der Waals surface area contributed by atoms with Crippen molar-refractivity contribution in [3.63, 3.8) is 0 Å². The van der Waals surface area contributed by atoms with Crippen molar-refractivity contribution < 1.29 is 22.7 Å². The second-order valence-corrected chi connectivity index (χ2v) is 8.87. The van der Waals surface area contributed by atoms with Crippen LogP contribution in [0.3, 0.4) is 0 Å². The van der Waals surface area contributed by atoms with Crippen LogP contribution in [0.25, 0.3) is 0 Å². The Balaban J connectivity index is 1.68. The summed E-state index contributed by atoms with van der Waals surface area (Å²) < 4.78 is 28.2. The minimum absolute atomic E-state index is 0.0883. The Morgan fingerprint density at radius 3 is 2.72 bits per heavy atom. The number of fused-ring (bicyclic) bond motifs is 1. The van der Waals surface area contributed by atoms with E-state index < -0.39 is 15.8 Å². The highest BCUT2D eigenvalue weighted by molar-refractivity contribution is 7.91. The molecule has 0 bridgehead atoms. The Morgan fingerprint density at radius 2 is 2.04 bits per heavy atom. The number of nitrogens with one attached hydrogen (secondary N) is 2. The molecule has 2 N–H and O–H groups in total. The van der Waals surface area contributed by atoms with Crippen molar-refractivity contribution in [1.29, 1.82) is 0 Å². The smallest absolute Gasteiger partial charge is 0.228 e. The number of sulfone groups is 1. The van der Waals surface area contributed by atoms with Gasteiger partial charge in [-0.2, -0.15) is 0 Å². The maximum Gasteiger partial charge on any atom is 0.228 e. The maximum atomic E-state index is 12.6. The molecule has 2 aliphatic heterocycles. The summed E-state index contributed by atoms with van der Waals surface area (Å²) in [6.45, 7) is 0.436. The first-order valence-corrected chi connectivity index (χ1v) is 10.2. The Hall–Kier alpha value is -2.09. The third kappa shape index (κ3) is 3.95. The lowest BCUT2D eigenvalue weighted by Crippen LogP contribution is -2.39. The third-order valence-corrected chi connectivity index (χ3v) is 6.58. The van der Waals surface area contributed by atoms with Crippen molar-refractivity contribution in [3.8, 4) is 5.75 Å². The summed E-state index contributed by atoms with van der Waals surface area (Å²) in [6, 6.07) is 5.35. The van der Waals surface area contributed by atoms with Crippen LogP contribution >= 0.6 is 0 Å². The minimum Gasteiger partial charge on any atom is -0.495 e. The number of para-hydroxylation sites is 1. The quantitative estimate of drug-likeness (QED) is 0.830. The highest BCUT2D eigenvalue weighted by Crippen LogP contribution is 2.38. The predicted octanol–water partition coefficient (Wildman–Crippen LogP) is 1.06. The molecule has 1 saturated heterocycles. The average Bonchev–Trinajstić information content (AvgIpc) is 2.59. The average molecular weight is 366 g/mol. The van der Waals surface area contributed by atoms with Gasteiger partial charge < -0.3 is 15.4 Å². The van der Waals surface area contributed by atoms with E-state index in [0.29, 0.717) is 30.8 Å². The number of anilines is 1. The van der Waals surface area contributed by atoms with Gasteiger partial charge in [0.1, 0.15) is 15.6 Å². The predicted molar refractivity (Wildman–Crippen MR) is 93.4 cm³/mol. The maximum absolute atomic E-state index is 12.6. The van der Waals surface area contributed by atoms with Crippen LogP contribution in [-0.2, 0) is 19.4 Å². The summed E-state index contributed by atoms with van der Waals surface area (Å²) in [5.41, 5.74) is 1.29. The zero-order valence-electron chi connectivity index (χ0n) is 14.1. The molecule has 1 atom stereocenters. The van der Waals surface area contributed by atoms with Gasteiger partial charge in [0, 0.05) is 13.0 Å². The van der Waals surface area contributed by atoms with E-state index in [4.69, 9.17) is 4.74 Å². The molecule has 2 amide bonds. The first-order chi connectivity index (χ1) is 11.9. The van der Waals surface area contributed by atoms with E-state index >= 15 is 0 Å². The molecule has 0 saturated carbocycles. The third-order valence-electron chi connectivity index (χ3n) is 4.86. The second kappa shape index (κ2) is 7.03. The molecule has 25 heavy (non-hydrogen) atoms. The molecule has 136 valence electrons. The van der Waals surface area contributed by atoms with Gasteiger partial charge >= 0.3 is 0 Å². The molecule has 1 unspecified atom stereocenters. The van der Waals surface area contributed by atoms with Crippen molar-refractivity contribution in [3.05, 3.63) is 23.8 Å². The van der Waals surface area contributed by atoms with Crippen LogP contribution < -0.4 is 15.4 Å². The van der Waals surface area contributed by atoms with Crippen molar-refractivity contribution in [1.82, 2.24) is 5.32 Å². The molecular weight excluding hydrogens is 344 g/mol. The molecule has 0 radical (unpaired) electrons. The molecule has 0 spiro atoms. The van der Waals surface area contributed by atoms with Crippen molar-refractivity contribution in [2.75, 3.05) is 30.5 Å². The monoisotopic (exact) mass is 366 g/mol. The van der Waals surface area contributed by atoms with Gasteiger partial charge in [-0.3, -0.25) is 9.59 Å². The summed E-state index contributed by atoms with van der Waals surface area (Å²) in [7, 11) is -1.39. The minimum atomic E-state index is -2.91. The van der Waals surface area contributed by atoms with Crippen molar-refractivity contribution in [2.45, 2.75) is 25.2 Å². The Labute approximate surface area is 147 Å². The van der Waals surface area contributed by atoms with Gasteiger partial charge in [0.15, 0.2) is 0 Å². The fourth-order valence-electron chi connectivity index (χ4n) is 3.37. The van der Waals surface area contributed by atoms with E-state index in [1.807, 2.05) is 6.07 Å². The first kappa shape index (κ1) is 17.7. The van der Waals surface area contributed by atoms with Crippen LogP contribution in [0, 0.1) is 5.92 Å². The van der Waals surface area contributed by atoms with Crippen LogP contribution in [0.2, 0.25) is 0 Å². The Bertz CT molecular complexity index is 776. The summed E-state index contributed by atoms with van der Waals surface area (Å²) >= 11 is 0. The zero-order valence-corrected chi connectivity index (χ0v) is 14.9. The molecule has 0 aromatic heterocycles. The van der Waals surface area contributed by atoms with Crippen LogP contribution in [0.15, 0.2) is 18.2 Å². The summed E-state index contributed by atoms with van der Waals surface area (Å²) in [6.07, 6.45) is 1.22. The van der Waals surface area contributed by atoms with Gasteiger partial charge in [0.2, 0.25) is 11.8 Å². The number of methoxy groups -OCH3 is 1. The van der Waals surface area contributed by atoms with Crippen molar-refractivity contribution >= 4 is 27.3 Å². The van der Waals surface area contributed by atoms with Gasteiger partial charge in [-0.05, 0) is 30.4 Å². The fraction of sp³-hybridized carbons (Fsp3) is 0.529. The van der Waals surface area contributed by atoms with E-state index in [1.165, 1.54) is 7.11 Å². The summed E-state index contributed by atoms with van der Waals surface area (Å²) in [5, 5.41) is 5.66. The lowest BCUT2D eigenvalue weighted by atomic mass is 9.89. The molecule has 1 aromatic rings. The number of amides is 2. The van der Waals surface area contributed by atoms with E-state index in [0.717, 1.165) is 5.56 Å². The highest BCUT2D eigenvalue weighted by Gasteiger charge is 2.33. The number of ether oxygens (including phenoxy) is 1. The van der Waals surface area contributed by atoms with Gasteiger partial charge in [-0.15, -0.1) is 0 Å². The molecule has 1 fully saturated rings. The van der Waals surface area contributed by atoms with Crippen LogP contribution in [0.1, 0.15) is 30.7 Å². The molecule has 1 aromatic carbocycles. The molecule has 2 aliphatic rings. The van der Waals surface area contributed by atoms with Crippen LogP contribution in [0.4, 0.5) is 5.69 Å². The Kier molecular flexibility index (Phi) is 4.99. The highest BCUT2D eigenvalue weighted by atomic mass is 32.2. The van der Waals surface area contributed by atoms with E-state index in [-0.39, 0.29) is 35.7 Å². The van der Waals surface area contributed by atoms with Crippen LogP contribution in [0.5, 0.6) is 5.75 Å². The fourth-order valence-corrected chi connectivity index (χ4v) is 4.96. The number of hydrogen-bond acceptors (Lipinski definition) is 5. The number of benzene rings is 1. The summed E-state index contributed by atoms with van der Waals surface area (Å²) in [4.78, 5) is 24.6. The van der Waals surface area contributed by atoms with Gasteiger partial charge in [-0.1, -0.05) is 12.1 Å². The lowest BCUT2D eigenvalue weighted by Gasteiger charge is -2.27. The largest absolute Gasteiger partial charge is 0.495 e. The standard InChI is InChI=1S/C17H22N2O5S/c1-24-14-4-2-3-12-13(9-15(20)19-16(12)14)17(21)18-10-11-5-7-25(22,23)8-6-11/h2-4,11,13H,5-10H2,1H3,(H,18,21)(H,19,20). The molecule has 3 rings (SSSR count). The van der Waals surface area contributed by atoms with Gasteiger partial charge in [0.25, 0.3) is 0 Å². The normalized spacial score (nSPS) is 22.6. The molecule has 7 nitrogen and oxygen atoms in total. The van der Waals surface area contributed by atoms with Gasteiger partial charge in [-0.25, -0.2) is 8.42 Å². The van der Waals surface area contributed by atoms with E-state index in [9.17, 15) is 18.0 Å². The summed E-state index contributed by atoms with van der Waals surface area (Å²) in [5.74, 6) is 0.0547. The molecular formula is C17H22N2O5S. The molecule has 2 heterocycles. The van der Waals surface area contributed by atoms with Crippen molar-refractivity contribution in [2.24, 2.45) is 5.92 Å². The van der Waals surface area contributed by atoms with Crippen LogP contribution in [-0.4, -0.2) is 45.4 Å². The van der Waals surface area contributed by atoms with Gasteiger partial charge in [0.05, 0.1) is 30.2 Å². The SMILES string of the molecule is COc1cccc2c1NC(=O)CC2C(=O)NCC1CCS(=O)(=O)CC1. The van der Waals surface area contributed by atoms with E-state index in [1.54, 1.807) is 12.1 Å². The number of carbonyl (C=O) groups is 2. The molecule has 8 heteroatoms. The number of hydrogen-bond donors (Lipinski definition) is 2. The first-order valence-electron chi connectivity index (χ1n) is 8.34. The topological polar surface area (TPSA) is 102 Å². The number of rotatable bonds is 4.